The molecule has 8 heteroatoms. The topological polar surface area (TPSA) is 95.4 Å². The van der Waals surface area contributed by atoms with Crippen molar-refractivity contribution in [2.45, 2.75) is 4.90 Å². The van der Waals surface area contributed by atoms with Gasteiger partial charge in [-0.25, -0.2) is 22.3 Å². The Morgan fingerprint density at radius 3 is 2.30 bits per heavy atom. The van der Waals surface area contributed by atoms with E-state index in [0.29, 0.717) is 0 Å². The van der Waals surface area contributed by atoms with E-state index in [4.69, 9.17) is 15.6 Å². The van der Waals surface area contributed by atoms with Gasteiger partial charge in [-0.05, 0) is 24.3 Å². The molecule has 0 bridgehead atoms. The molecule has 2 aromatic rings. The molecule has 0 saturated heterocycles. The summed E-state index contributed by atoms with van der Waals surface area (Å²) in [6, 6.07) is 6.48. The van der Waals surface area contributed by atoms with Gasteiger partial charge in [0.25, 0.3) is 0 Å². The maximum atomic E-state index is 13.0. The molecule has 4 N–H and O–H groups in total. The smallest absolute Gasteiger partial charge is 0.238 e. The minimum absolute atomic E-state index is 0.0254. The summed E-state index contributed by atoms with van der Waals surface area (Å²) in [4.78, 5) is -0.204. The average Bonchev–Trinajstić information content (AvgIpc) is 2.35. The Kier molecular flexibility index (Phi) is 3.60. The number of ether oxygens (including phenoxy) is 1. The van der Waals surface area contributed by atoms with Crippen LogP contribution >= 0.6 is 0 Å². The van der Waals surface area contributed by atoms with Crippen LogP contribution in [0.3, 0.4) is 0 Å². The first kappa shape index (κ1) is 14.2. The number of nitrogens with two attached hydrogens (primary N) is 2. The number of primary sulfonamides is 1. The minimum Gasteiger partial charge on any atom is -0.455 e. The predicted octanol–water partition coefficient (Wildman–Crippen LogP) is 1.99. The Balaban J connectivity index is 2.40. The van der Waals surface area contributed by atoms with Crippen molar-refractivity contribution in [3.8, 4) is 11.5 Å². The second kappa shape index (κ2) is 5.06. The second-order valence-electron chi connectivity index (χ2n) is 3.92. The first-order chi connectivity index (χ1) is 9.27. The van der Waals surface area contributed by atoms with Crippen molar-refractivity contribution < 1.29 is 21.9 Å². The molecule has 0 aliphatic rings. The summed E-state index contributed by atoms with van der Waals surface area (Å²) >= 11 is 0. The van der Waals surface area contributed by atoms with Crippen molar-refractivity contribution in [2.75, 3.05) is 5.73 Å². The normalized spacial score (nSPS) is 11.3. The number of halogens is 2. The van der Waals surface area contributed by atoms with E-state index >= 15 is 0 Å². The van der Waals surface area contributed by atoms with Crippen molar-refractivity contribution in [1.82, 2.24) is 0 Å². The van der Waals surface area contributed by atoms with E-state index < -0.39 is 21.7 Å². The fourth-order valence-corrected chi connectivity index (χ4v) is 1.98. The molecule has 5 nitrogen and oxygen atoms in total. The Bertz CT molecular complexity index is 763. The van der Waals surface area contributed by atoms with Crippen LogP contribution in [0.25, 0.3) is 0 Å². The highest BCUT2D eigenvalue weighted by Crippen LogP contribution is 2.30. The fourth-order valence-electron chi connectivity index (χ4n) is 1.45. The minimum atomic E-state index is -3.92. The number of sulfonamides is 1. The lowest BCUT2D eigenvalue weighted by Crippen LogP contribution is -2.12. The molecule has 20 heavy (non-hydrogen) atoms. The van der Waals surface area contributed by atoms with E-state index in [1.54, 1.807) is 0 Å². The van der Waals surface area contributed by atoms with Gasteiger partial charge in [0.15, 0.2) is 17.4 Å². The van der Waals surface area contributed by atoms with Crippen molar-refractivity contribution in [2.24, 2.45) is 5.14 Å². The lowest BCUT2D eigenvalue weighted by atomic mass is 10.3. The van der Waals surface area contributed by atoms with Crippen LogP contribution in [0.1, 0.15) is 0 Å². The van der Waals surface area contributed by atoms with Crippen molar-refractivity contribution in [3.63, 3.8) is 0 Å². The molecule has 0 amide bonds. The molecule has 0 radical (unpaired) electrons. The highest BCUT2D eigenvalue weighted by molar-refractivity contribution is 7.89. The maximum absolute atomic E-state index is 13.0. The van der Waals surface area contributed by atoms with Crippen LogP contribution in [0.15, 0.2) is 41.3 Å². The summed E-state index contributed by atoms with van der Waals surface area (Å²) in [7, 11) is -3.92. The van der Waals surface area contributed by atoms with E-state index in [-0.39, 0.29) is 22.1 Å². The third-order valence-corrected chi connectivity index (χ3v) is 3.34. The monoisotopic (exact) mass is 300 g/mol. The molecule has 2 aromatic carbocycles. The Morgan fingerprint density at radius 1 is 1.00 bits per heavy atom. The fraction of sp³-hybridized carbons (Fsp3) is 0. The predicted molar refractivity (Wildman–Crippen MR) is 68.7 cm³/mol. The third-order valence-electron chi connectivity index (χ3n) is 2.43. The first-order valence-electron chi connectivity index (χ1n) is 5.32. The number of benzene rings is 2. The van der Waals surface area contributed by atoms with Crippen LogP contribution in [0.5, 0.6) is 11.5 Å². The molecule has 0 aliphatic carbocycles. The Labute approximate surface area is 113 Å². The number of nitrogen functional groups attached to an aromatic ring is 1. The van der Waals surface area contributed by atoms with Gasteiger partial charge in [-0.2, -0.15) is 0 Å². The molecular weight excluding hydrogens is 290 g/mol. The van der Waals surface area contributed by atoms with Crippen LogP contribution in [-0.2, 0) is 10.0 Å². The maximum Gasteiger partial charge on any atom is 0.238 e. The van der Waals surface area contributed by atoms with Gasteiger partial charge >= 0.3 is 0 Å². The van der Waals surface area contributed by atoms with Gasteiger partial charge in [-0.15, -0.1) is 0 Å². The largest absolute Gasteiger partial charge is 0.455 e. The Hall–Kier alpha value is -2.19. The van der Waals surface area contributed by atoms with Crippen LogP contribution in [0.2, 0.25) is 0 Å². The van der Waals surface area contributed by atoms with Gasteiger partial charge in [-0.3, -0.25) is 0 Å². The van der Waals surface area contributed by atoms with Crippen molar-refractivity contribution in [3.05, 3.63) is 48.0 Å². The van der Waals surface area contributed by atoms with Gasteiger partial charge < -0.3 is 10.5 Å². The number of anilines is 1. The number of hydrogen-bond acceptors (Lipinski definition) is 4. The summed E-state index contributed by atoms with van der Waals surface area (Å²) < 4.78 is 53.5. The molecule has 0 aromatic heterocycles. The van der Waals surface area contributed by atoms with Gasteiger partial charge in [0.1, 0.15) is 5.75 Å². The molecular formula is C12H10F2N2O3S. The lowest BCUT2D eigenvalue weighted by Gasteiger charge is -2.10. The van der Waals surface area contributed by atoms with Crippen LogP contribution in [0, 0.1) is 11.6 Å². The molecule has 0 spiro atoms. The molecule has 0 fully saturated rings. The molecule has 0 atom stereocenters. The average molecular weight is 300 g/mol. The summed E-state index contributed by atoms with van der Waals surface area (Å²) in [5.41, 5.74) is 5.75. The zero-order valence-corrected chi connectivity index (χ0v) is 10.8. The zero-order chi connectivity index (χ0) is 14.9. The van der Waals surface area contributed by atoms with Crippen LogP contribution in [0.4, 0.5) is 14.5 Å². The van der Waals surface area contributed by atoms with E-state index in [0.717, 1.165) is 18.2 Å². The van der Waals surface area contributed by atoms with Crippen molar-refractivity contribution in [1.29, 1.82) is 0 Å². The van der Waals surface area contributed by atoms with Crippen LogP contribution < -0.4 is 15.6 Å². The van der Waals surface area contributed by atoms with Crippen LogP contribution in [-0.4, -0.2) is 8.42 Å². The molecule has 106 valence electrons. The van der Waals surface area contributed by atoms with E-state index in [1.807, 2.05) is 0 Å². The van der Waals surface area contributed by atoms with Gasteiger partial charge in [-0.1, -0.05) is 0 Å². The van der Waals surface area contributed by atoms with Gasteiger partial charge in [0.05, 0.1) is 10.6 Å². The molecule has 0 saturated carbocycles. The second-order valence-corrected chi connectivity index (χ2v) is 5.48. The number of rotatable bonds is 3. The van der Waals surface area contributed by atoms with Gasteiger partial charge in [0, 0.05) is 12.1 Å². The number of hydrogen-bond donors (Lipinski definition) is 2. The summed E-state index contributed by atoms with van der Waals surface area (Å²) in [5, 5.41) is 4.98. The zero-order valence-electron chi connectivity index (χ0n) is 10.0. The molecule has 0 heterocycles. The molecule has 2 rings (SSSR count). The summed E-state index contributed by atoms with van der Waals surface area (Å²) in [5.74, 6) is -2.17. The third kappa shape index (κ3) is 3.03. The standard InChI is InChI=1S/C12H10F2N2O3S/c13-9-3-1-7(5-10(9)14)19-12-6-8(20(16,17)18)2-4-11(12)15/h1-6H,15H2,(H2,16,17,18). The highest BCUT2D eigenvalue weighted by Gasteiger charge is 2.12. The SMILES string of the molecule is Nc1ccc(S(N)(=O)=O)cc1Oc1ccc(F)c(F)c1. The molecule has 0 aliphatic heterocycles. The van der Waals surface area contributed by atoms with Gasteiger partial charge in [0.2, 0.25) is 10.0 Å². The molecule has 0 unspecified atom stereocenters. The quantitative estimate of drug-likeness (QED) is 0.847. The first-order valence-corrected chi connectivity index (χ1v) is 6.87. The summed E-state index contributed by atoms with van der Waals surface area (Å²) in [6.07, 6.45) is 0. The van der Waals surface area contributed by atoms with E-state index in [2.05, 4.69) is 0 Å². The Morgan fingerprint density at radius 2 is 1.70 bits per heavy atom. The van der Waals surface area contributed by atoms with Crippen molar-refractivity contribution >= 4 is 15.7 Å². The lowest BCUT2D eigenvalue weighted by molar-refractivity contribution is 0.462. The highest BCUT2D eigenvalue weighted by atomic mass is 32.2. The summed E-state index contributed by atoms with van der Waals surface area (Å²) in [6.45, 7) is 0. The van der Waals surface area contributed by atoms with E-state index in [1.165, 1.54) is 18.2 Å². The van der Waals surface area contributed by atoms with E-state index in [9.17, 15) is 17.2 Å².